The molecule has 4 rings (SSSR count). The highest BCUT2D eigenvalue weighted by molar-refractivity contribution is 7.99. The fourth-order valence-corrected chi connectivity index (χ4v) is 5.31. The van der Waals surface area contributed by atoms with E-state index in [2.05, 4.69) is 15.3 Å². The number of carbonyl (C=O) groups is 2. The predicted molar refractivity (Wildman–Crippen MR) is 153 cm³/mol. The van der Waals surface area contributed by atoms with Crippen molar-refractivity contribution in [3.8, 4) is 11.5 Å². The number of aromatic nitrogens is 2. The minimum absolute atomic E-state index is 0.104. The Bertz CT molecular complexity index is 1350. The van der Waals surface area contributed by atoms with E-state index in [1.807, 2.05) is 30.0 Å². The van der Waals surface area contributed by atoms with Crippen LogP contribution in [0.4, 0.5) is 10.2 Å². The third kappa shape index (κ3) is 7.54. The van der Waals surface area contributed by atoms with Crippen LogP contribution in [0, 0.1) is 5.82 Å². The molecular weight excluding hydrogens is 557 g/mol. The summed E-state index contributed by atoms with van der Waals surface area (Å²) in [7, 11) is 3.17. The summed E-state index contributed by atoms with van der Waals surface area (Å²) in [6, 6.07) is 12.8. The molecule has 1 saturated heterocycles. The number of hydrogen-bond acceptors (Lipinski definition) is 8. The van der Waals surface area contributed by atoms with Crippen LogP contribution in [0.2, 0.25) is 5.15 Å². The highest BCUT2D eigenvalue weighted by Gasteiger charge is 2.29. The molecule has 1 fully saturated rings. The van der Waals surface area contributed by atoms with Crippen LogP contribution >= 0.6 is 23.4 Å². The maximum atomic E-state index is 13.3. The average molecular weight is 588 g/mol. The van der Waals surface area contributed by atoms with E-state index in [0.717, 1.165) is 5.56 Å². The van der Waals surface area contributed by atoms with E-state index in [0.29, 0.717) is 60.6 Å². The number of ether oxygens (including phenoxy) is 2. The Kier molecular flexibility index (Phi) is 10.1. The highest BCUT2D eigenvalue weighted by Crippen LogP contribution is 2.28. The molecule has 0 bridgehead atoms. The quantitative estimate of drug-likeness (QED) is 0.215. The molecular formula is C28H31ClFN5O4S. The van der Waals surface area contributed by atoms with Gasteiger partial charge in [-0.05, 0) is 55.3 Å². The normalized spacial score (nSPS) is 15.1. The number of carbonyl (C=O) groups excluding carboxylic acids is 2. The zero-order valence-electron chi connectivity index (χ0n) is 22.5. The first-order chi connectivity index (χ1) is 19.3. The standard InChI is InChI=1S/C28H31ClFN5O4S/c1-18-16-34(12-13-35(18)27(37)20-5-7-21(30)8-6-20)25-15-24(29)32-28(33-25)40-17-26(36)31-11-10-19-4-9-22(38-2)23(14-19)39-3/h4-9,14-15,18H,10-13,16-17H2,1-3H3,(H,31,36). The van der Waals surface area contributed by atoms with Crippen LogP contribution in [0.15, 0.2) is 53.7 Å². The summed E-state index contributed by atoms with van der Waals surface area (Å²) in [6.45, 7) is 3.99. The zero-order chi connectivity index (χ0) is 28.6. The Hall–Kier alpha value is -3.57. The molecule has 1 atom stereocenters. The maximum absolute atomic E-state index is 13.3. The average Bonchev–Trinajstić information content (AvgIpc) is 2.95. The largest absolute Gasteiger partial charge is 0.493 e. The Morgan fingerprint density at radius 1 is 1.07 bits per heavy atom. The second kappa shape index (κ2) is 13.7. The van der Waals surface area contributed by atoms with Crippen molar-refractivity contribution in [3.05, 3.63) is 70.6 Å². The summed E-state index contributed by atoms with van der Waals surface area (Å²) < 4.78 is 23.8. The van der Waals surface area contributed by atoms with E-state index in [1.54, 1.807) is 25.2 Å². The number of nitrogens with one attached hydrogen (secondary N) is 1. The minimum atomic E-state index is -0.379. The second-order valence-electron chi connectivity index (χ2n) is 9.21. The van der Waals surface area contributed by atoms with Gasteiger partial charge in [0.1, 0.15) is 16.8 Å². The van der Waals surface area contributed by atoms with Gasteiger partial charge in [0.15, 0.2) is 16.7 Å². The van der Waals surface area contributed by atoms with E-state index in [-0.39, 0.29) is 34.6 Å². The Labute approximate surface area is 242 Å². The van der Waals surface area contributed by atoms with E-state index < -0.39 is 0 Å². The molecule has 12 heteroatoms. The van der Waals surface area contributed by atoms with Gasteiger partial charge in [0.25, 0.3) is 5.91 Å². The number of nitrogens with zero attached hydrogens (tertiary/aromatic N) is 4. The lowest BCUT2D eigenvalue weighted by Gasteiger charge is -2.40. The molecule has 0 spiro atoms. The molecule has 3 aromatic rings. The molecule has 1 aliphatic heterocycles. The zero-order valence-corrected chi connectivity index (χ0v) is 24.1. The van der Waals surface area contributed by atoms with Crippen LogP contribution in [0.25, 0.3) is 0 Å². The Morgan fingerprint density at radius 2 is 1.82 bits per heavy atom. The van der Waals surface area contributed by atoms with Crippen LogP contribution in [0.1, 0.15) is 22.8 Å². The van der Waals surface area contributed by atoms with Crippen molar-refractivity contribution in [3.63, 3.8) is 0 Å². The second-order valence-corrected chi connectivity index (χ2v) is 10.5. The first-order valence-corrected chi connectivity index (χ1v) is 14.1. The lowest BCUT2D eigenvalue weighted by Crippen LogP contribution is -2.54. The van der Waals surface area contributed by atoms with E-state index in [1.165, 1.54) is 36.0 Å². The lowest BCUT2D eigenvalue weighted by atomic mass is 10.1. The van der Waals surface area contributed by atoms with Crippen LogP contribution < -0.4 is 19.7 Å². The van der Waals surface area contributed by atoms with Crippen molar-refractivity contribution in [1.29, 1.82) is 0 Å². The number of benzene rings is 2. The van der Waals surface area contributed by atoms with Crippen molar-refractivity contribution in [1.82, 2.24) is 20.2 Å². The van der Waals surface area contributed by atoms with Crippen LogP contribution in [-0.2, 0) is 11.2 Å². The van der Waals surface area contributed by atoms with Gasteiger partial charge in [0.2, 0.25) is 5.91 Å². The SMILES string of the molecule is COc1ccc(CCNC(=O)CSc2nc(Cl)cc(N3CCN(C(=O)c4ccc(F)cc4)C(C)C3)n2)cc1OC. The van der Waals surface area contributed by atoms with Crippen molar-refractivity contribution < 1.29 is 23.5 Å². The lowest BCUT2D eigenvalue weighted by molar-refractivity contribution is -0.118. The summed E-state index contributed by atoms with van der Waals surface area (Å²) in [5.74, 6) is 1.42. The van der Waals surface area contributed by atoms with E-state index in [9.17, 15) is 14.0 Å². The molecule has 2 aromatic carbocycles. The molecule has 1 aliphatic rings. The van der Waals surface area contributed by atoms with Gasteiger partial charge >= 0.3 is 0 Å². The van der Waals surface area contributed by atoms with Crippen LogP contribution in [0.3, 0.4) is 0 Å². The van der Waals surface area contributed by atoms with Crippen molar-refractivity contribution in [2.24, 2.45) is 0 Å². The molecule has 1 N–H and O–H groups in total. The molecule has 0 radical (unpaired) electrons. The van der Waals surface area contributed by atoms with Gasteiger partial charge in [-0.1, -0.05) is 29.4 Å². The molecule has 1 unspecified atom stereocenters. The number of anilines is 1. The predicted octanol–water partition coefficient (Wildman–Crippen LogP) is 4.09. The Balaban J connectivity index is 1.28. The van der Waals surface area contributed by atoms with Gasteiger partial charge in [-0.3, -0.25) is 9.59 Å². The van der Waals surface area contributed by atoms with Crippen LogP contribution in [0.5, 0.6) is 11.5 Å². The van der Waals surface area contributed by atoms with Gasteiger partial charge in [-0.2, -0.15) is 0 Å². The van der Waals surface area contributed by atoms with Gasteiger partial charge in [-0.25, -0.2) is 14.4 Å². The smallest absolute Gasteiger partial charge is 0.254 e. The third-order valence-corrected chi connectivity index (χ3v) is 7.52. The number of piperazine rings is 1. The molecule has 1 aromatic heterocycles. The topological polar surface area (TPSA) is 96.9 Å². The summed E-state index contributed by atoms with van der Waals surface area (Å²) >= 11 is 7.49. The summed E-state index contributed by atoms with van der Waals surface area (Å²) in [5.41, 5.74) is 1.47. The Morgan fingerprint density at radius 3 is 2.52 bits per heavy atom. The maximum Gasteiger partial charge on any atom is 0.254 e. The summed E-state index contributed by atoms with van der Waals surface area (Å²) in [5, 5.41) is 3.58. The minimum Gasteiger partial charge on any atom is -0.493 e. The number of amides is 2. The molecule has 2 amide bonds. The van der Waals surface area contributed by atoms with Crippen molar-refractivity contribution >= 4 is 41.0 Å². The van der Waals surface area contributed by atoms with Gasteiger partial charge in [-0.15, -0.1) is 0 Å². The monoisotopic (exact) mass is 587 g/mol. The molecule has 0 aliphatic carbocycles. The van der Waals surface area contributed by atoms with Gasteiger partial charge < -0.3 is 24.6 Å². The van der Waals surface area contributed by atoms with E-state index >= 15 is 0 Å². The van der Waals surface area contributed by atoms with Crippen molar-refractivity contribution in [2.75, 3.05) is 51.1 Å². The molecule has 2 heterocycles. The van der Waals surface area contributed by atoms with Crippen LogP contribution in [-0.4, -0.2) is 78.9 Å². The molecule has 0 saturated carbocycles. The number of rotatable bonds is 10. The fraction of sp³-hybridized carbons (Fsp3) is 0.357. The first kappa shape index (κ1) is 29.4. The van der Waals surface area contributed by atoms with Crippen molar-refractivity contribution in [2.45, 2.75) is 24.5 Å². The number of thioether (sulfide) groups is 1. The molecule has 40 heavy (non-hydrogen) atoms. The fourth-order valence-electron chi connectivity index (χ4n) is 4.40. The number of hydrogen-bond donors (Lipinski definition) is 1. The number of halogens is 2. The molecule has 9 nitrogen and oxygen atoms in total. The number of methoxy groups -OCH3 is 2. The van der Waals surface area contributed by atoms with Gasteiger partial charge in [0, 0.05) is 43.9 Å². The molecule has 212 valence electrons. The summed E-state index contributed by atoms with van der Waals surface area (Å²) in [6.07, 6.45) is 0.641. The third-order valence-electron chi connectivity index (χ3n) is 6.48. The van der Waals surface area contributed by atoms with Gasteiger partial charge in [0.05, 0.1) is 20.0 Å². The summed E-state index contributed by atoms with van der Waals surface area (Å²) in [4.78, 5) is 38.0. The highest BCUT2D eigenvalue weighted by atomic mass is 35.5. The van der Waals surface area contributed by atoms with E-state index in [4.69, 9.17) is 21.1 Å². The first-order valence-electron chi connectivity index (χ1n) is 12.7.